The second-order valence-corrected chi connectivity index (χ2v) is 10.2. The van der Waals surface area contributed by atoms with Crippen molar-refractivity contribution in [3.8, 4) is 0 Å². The number of carbonyl (C=O) groups is 1. The minimum atomic E-state index is -0.156. The molecule has 0 saturated carbocycles. The van der Waals surface area contributed by atoms with E-state index >= 15 is 0 Å². The Kier molecular flexibility index (Phi) is 6.21. The fraction of sp³-hybridized carbons (Fsp3) is 0.478. The summed E-state index contributed by atoms with van der Waals surface area (Å²) in [4.78, 5) is 35.8. The van der Waals surface area contributed by atoms with Gasteiger partial charge in [0.2, 0.25) is 0 Å². The lowest BCUT2D eigenvalue weighted by Crippen LogP contribution is -2.36. The minimum Gasteiger partial charge on any atom is -0.356 e. The standard InChI is InChI=1S/C23H28N4O2S2/c1-5-16(4)27-22(29)18(31-23(27)30)12-17-20(25-10-8-14(2)9-11-25)24-19-7-6-15(3)13-26(19)21(17)28/h6-7,12-14,16H,5,8-11H2,1-4H3. The van der Waals surface area contributed by atoms with Crippen molar-refractivity contribution in [3.05, 3.63) is 44.7 Å². The van der Waals surface area contributed by atoms with Crippen LogP contribution in [0.2, 0.25) is 0 Å². The van der Waals surface area contributed by atoms with Crippen LogP contribution in [-0.2, 0) is 4.79 Å². The summed E-state index contributed by atoms with van der Waals surface area (Å²) >= 11 is 6.74. The Morgan fingerprint density at radius 3 is 2.68 bits per heavy atom. The molecule has 0 aliphatic carbocycles. The molecule has 2 aliphatic rings. The van der Waals surface area contributed by atoms with Crippen LogP contribution < -0.4 is 10.5 Å². The summed E-state index contributed by atoms with van der Waals surface area (Å²) in [5.41, 5.74) is 1.90. The van der Waals surface area contributed by atoms with Crippen molar-refractivity contribution >= 4 is 51.7 Å². The Labute approximate surface area is 192 Å². The molecule has 2 aliphatic heterocycles. The summed E-state index contributed by atoms with van der Waals surface area (Å²) in [7, 11) is 0. The van der Waals surface area contributed by atoms with Crippen molar-refractivity contribution in [3.63, 3.8) is 0 Å². The molecule has 2 fully saturated rings. The summed E-state index contributed by atoms with van der Waals surface area (Å²) in [6.07, 6.45) is 6.44. The Morgan fingerprint density at radius 1 is 1.29 bits per heavy atom. The highest BCUT2D eigenvalue weighted by Gasteiger charge is 2.35. The first-order chi connectivity index (χ1) is 14.8. The van der Waals surface area contributed by atoms with E-state index in [1.807, 2.05) is 32.9 Å². The molecule has 2 aromatic rings. The van der Waals surface area contributed by atoms with E-state index in [2.05, 4.69) is 11.8 Å². The van der Waals surface area contributed by atoms with Gasteiger partial charge in [0.25, 0.3) is 11.5 Å². The Hall–Kier alpha value is -2.19. The third kappa shape index (κ3) is 4.15. The SMILES string of the molecule is CCC(C)N1C(=O)C(=Cc2c(N3CCC(C)CC3)nc3ccc(C)cn3c2=O)SC1=S. The van der Waals surface area contributed by atoms with Gasteiger partial charge in [-0.3, -0.25) is 18.9 Å². The largest absolute Gasteiger partial charge is 0.356 e. The summed E-state index contributed by atoms with van der Waals surface area (Å²) in [6, 6.07) is 3.86. The lowest BCUT2D eigenvalue weighted by molar-refractivity contribution is -0.123. The number of amides is 1. The van der Waals surface area contributed by atoms with Gasteiger partial charge in [0.05, 0.1) is 10.5 Å². The second kappa shape index (κ2) is 8.74. The second-order valence-electron chi connectivity index (χ2n) is 8.57. The highest BCUT2D eigenvalue weighted by molar-refractivity contribution is 8.26. The van der Waals surface area contributed by atoms with Crippen molar-refractivity contribution < 1.29 is 4.79 Å². The lowest BCUT2D eigenvalue weighted by Gasteiger charge is -2.32. The molecule has 1 unspecified atom stereocenters. The average Bonchev–Trinajstić information content (AvgIpc) is 3.03. The monoisotopic (exact) mass is 456 g/mol. The number of fused-ring (bicyclic) bond motifs is 1. The topological polar surface area (TPSA) is 57.9 Å². The summed E-state index contributed by atoms with van der Waals surface area (Å²) in [5.74, 6) is 1.20. The van der Waals surface area contributed by atoms with Gasteiger partial charge in [-0.15, -0.1) is 0 Å². The fourth-order valence-corrected chi connectivity index (χ4v) is 5.45. The molecule has 0 radical (unpaired) electrons. The molecule has 6 nitrogen and oxygen atoms in total. The smallest absolute Gasteiger partial charge is 0.267 e. The molecule has 0 spiro atoms. The highest BCUT2D eigenvalue weighted by Crippen LogP contribution is 2.35. The number of aromatic nitrogens is 2. The van der Waals surface area contributed by atoms with Crippen LogP contribution >= 0.6 is 24.0 Å². The molecule has 1 amide bonds. The highest BCUT2D eigenvalue weighted by atomic mass is 32.2. The maximum atomic E-state index is 13.5. The molecule has 4 heterocycles. The molecule has 2 saturated heterocycles. The summed E-state index contributed by atoms with van der Waals surface area (Å²) in [6.45, 7) is 9.93. The molecule has 31 heavy (non-hydrogen) atoms. The van der Waals surface area contributed by atoms with Gasteiger partial charge in [-0.05, 0) is 56.7 Å². The summed E-state index contributed by atoms with van der Waals surface area (Å²) < 4.78 is 2.12. The zero-order valence-corrected chi connectivity index (χ0v) is 20.1. The zero-order chi connectivity index (χ0) is 22.3. The zero-order valence-electron chi connectivity index (χ0n) is 18.4. The third-order valence-electron chi connectivity index (χ3n) is 6.20. The molecular formula is C23H28N4O2S2. The molecule has 8 heteroatoms. The number of rotatable bonds is 4. The van der Waals surface area contributed by atoms with Gasteiger partial charge in [0.1, 0.15) is 15.8 Å². The molecular weight excluding hydrogens is 428 g/mol. The van der Waals surface area contributed by atoms with Crippen molar-refractivity contribution in [2.75, 3.05) is 18.0 Å². The molecule has 4 rings (SSSR count). The van der Waals surface area contributed by atoms with Crippen molar-refractivity contribution in [1.29, 1.82) is 0 Å². The minimum absolute atomic E-state index is 0.0277. The predicted molar refractivity (Wildman–Crippen MR) is 132 cm³/mol. The van der Waals surface area contributed by atoms with E-state index in [4.69, 9.17) is 17.2 Å². The molecule has 2 aromatic heterocycles. The number of pyridine rings is 1. The average molecular weight is 457 g/mol. The van der Waals surface area contributed by atoms with Gasteiger partial charge in [0.15, 0.2) is 0 Å². The van der Waals surface area contributed by atoms with Crippen molar-refractivity contribution in [1.82, 2.24) is 14.3 Å². The normalized spacial score (nSPS) is 20.3. The number of carbonyl (C=O) groups excluding carboxylic acids is 1. The van der Waals surface area contributed by atoms with Crippen LogP contribution in [0, 0.1) is 12.8 Å². The first kappa shape index (κ1) is 22.0. The fourth-order valence-electron chi connectivity index (χ4n) is 4.01. The Morgan fingerprint density at radius 2 is 2.00 bits per heavy atom. The van der Waals surface area contributed by atoms with E-state index in [1.165, 1.54) is 11.8 Å². The van der Waals surface area contributed by atoms with Gasteiger partial charge in [-0.1, -0.05) is 43.9 Å². The van der Waals surface area contributed by atoms with Crippen LogP contribution in [0.4, 0.5) is 5.82 Å². The molecule has 0 N–H and O–H groups in total. The van der Waals surface area contributed by atoms with E-state index < -0.39 is 0 Å². The number of thiocarbonyl (C=S) groups is 1. The molecule has 0 bridgehead atoms. The lowest BCUT2D eigenvalue weighted by atomic mass is 9.99. The maximum Gasteiger partial charge on any atom is 0.267 e. The van der Waals surface area contributed by atoms with E-state index in [1.54, 1.807) is 21.6 Å². The molecule has 0 aromatic carbocycles. The van der Waals surface area contributed by atoms with Crippen LogP contribution in [-0.4, -0.2) is 43.6 Å². The number of nitrogens with zero attached hydrogens (tertiary/aromatic N) is 4. The number of piperidine rings is 1. The van der Waals surface area contributed by atoms with E-state index in [9.17, 15) is 9.59 Å². The number of thioether (sulfide) groups is 1. The summed E-state index contributed by atoms with van der Waals surface area (Å²) in [5, 5.41) is 0. The Balaban J connectivity index is 1.86. The maximum absolute atomic E-state index is 13.5. The van der Waals surface area contributed by atoms with Crippen LogP contribution in [0.15, 0.2) is 28.0 Å². The van der Waals surface area contributed by atoms with Crippen LogP contribution in [0.5, 0.6) is 0 Å². The number of hydrogen-bond acceptors (Lipinski definition) is 6. The first-order valence-electron chi connectivity index (χ1n) is 10.8. The predicted octanol–water partition coefficient (Wildman–Crippen LogP) is 4.24. The van der Waals surface area contributed by atoms with Gasteiger partial charge >= 0.3 is 0 Å². The van der Waals surface area contributed by atoms with Crippen molar-refractivity contribution in [2.24, 2.45) is 5.92 Å². The quantitative estimate of drug-likeness (QED) is 0.507. The number of anilines is 1. The van der Waals surface area contributed by atoms with E-state index in [0.29, 0.717) is 32.2 Å². The molecule has 164 valence electrons. The van der Waals surface area contributed by atoms with Gasteiger partial charge in [-0.2, -0.15) is 0 Å². The first-order valence-corrected chi connectivity index (χ1v) is 12.1. The van der Waals surface area contributed by atoms with Crippen molar-refractivity contribution in [2.45, 2.75) is 53.0 Å². The van der Waals surface area contributed by atoms with Crippen LogP contribution in [0.3, 0.4) is 0 Å². The van der Waals surface area contributed by atoms with E-state index in [-0.39, 0.29) is 17.5 Å². The van der Waals surface area contributed by atoms with Gasteiger partial charge < -0.3 is 4.90 Å². The van der Waals surface area contributed by atoms with Gasteiger partial charge in [-0.25, -0.2) is 4.98 Å². The molecule has 1 atom stereocenters. The van der Waals surface area contributed by atoms with Crippen LogP contribution in [0.25, 0.3) is 11.7 Å². The third-order valence-corrected chi connectivity index (χ3v) is 7.53. The van der Waals surface area contributed by atoms with Crippen LogP contribution in [0.1, 0.15) is 51.2 Å². The number of aryl methyl sites for hydroxylation is 1. The number of hydrogen-bond donors (Lipinski definition) is 0. The van der Waals surface area contributed by atoms with E-state index in [0.717, 1.165) is 37.9 Å². The Bertz CT molecular complexity index is 1130. The van der Waals surface area contributed by atoms with Gasteiger partial charge in [0, 0.05) is 25.3 Å².